The molecule has 0 radical (unpaired) electrons. The molecule has 0 atom stereocenters. The molecular formula is C17H29N3O. The number of hydrogen-bond acceptors (Lipinski definition) is 3. The number of carbonyl (C=O) groups is 1. The van der Waals surface area contributed by atoms with E-state index in [9.17, 15) is 4.79 Å². The highest BCUT2D eigenvalue weighted by molar-refractivity contribution is 5.73. The van der Waals surface area contributed by atoms with Gasteiger partial charge in [0.1, 0.15) is 0 Å². The molecule has 0 aromatic carbocycles. The van der Waals surface area contributed by atoms with Crippen molar-refractivity contribution in [1.82, 2.24) is 9.80 Å². The van der Waals surface area contributed by atoms with Crippen molar-refractivity contribution in [2.24, 2.45) is 5.73 Å². The lowest BCUT2D eigenvalue weighted by atomic mass is 10.1. The Balaban J connectivity index is 2.74. The van der Waals surface area contributed by atoms with E-state index in [1.165, 1.54) is 5.70 Å². The second kappa shape index (κ2) is 8.55. The van der Waals surface area contributed by atoms with Gasteiger partial charge in [-0.05, 0) is 51.3 Å². The highest BCUT2D eigenvalue weighted by Crippen LogP contribution is 2.18. The van der Waals surface area contributed by atoms with Gasteiger partial charge in [-0.15, -0.1) is 0 Å². The Labute approximate surface area is 129 Å². The zero-order valence-corrected chi connectivity index (χ0v) is 13.9. The first kappa shape index (κ1) is 17.3. The second-order valence-corrected chi connectivity index (χ2v) is 5.38. The maximum Gasteiger partial charge on any atom is 0.219 e. The van der Waals surface area contributed by atoms with Crippen LogP contribution in [0, 0.1) is 0 Å². The van der Waals surface area contributed by atoms with Crippen molar-refractivity contribution >= 4 is 5.91 Å². The van der Waals surface area contributed by atoms with Gasteiger partial charge in [0.05, 0.1) is 0 Å². The van der Waals surface area contributed by atoms with Crippen LogP contribution >= 0.6 is 0 Å². The van der Waals surface area contributed by atoms with E-state index in [-0.39, 0.29) is 5.91 Å². The maximum atomic E-state index is 11.5. The molecule has 0 unspecified atom stereocenters. The molecule has 0 aromatic heterocycles. The molecule has 0 bridgehead atoms. The van der Waals surface area contributed by atoms with E-state index in [0.29, 0.717) is 0 Å². The average molecular weight is 291 g/mol. The summed E-state index contributed by atoms with van der Waals surface area (Å²) in [4.78, 5) is 15.7. The van der Waals surface area contributed by atoms with Crippen molar-refractivity contribution in [3.63, 3.8) is 0 Å². The molecular weight excluding hydrogens is 262 g/mol. The molecule has 1 amide bonds. The quantitative estimate of drug-likeness (QED) is 0.818. The van der Waals surface area contributed by atoms with Crippen LogP contribution in [0.4, 0.5) is 0 Å². The largest absolute Gasteiger partial charge is 0.399 e. The van der Waals surface area contributed by atoms with Gasteiger partial charge in [-0.2, -0.15) is 0 Å². The standard InChI is InChI=1S/C17H29N3O/c1-5-19(15(4)21)12-13-20(6-2)16-9-7-8-14(3)17(18)11-10-16/h8,10-11H,5-7,9,12-13,18H2,1-4H3/b14-8?,16-10+,17-11+. The van der Waals surface area contributed by atoms with Crippen molar-refractivity contribution in [1.29, 1.82) is 0 Å². The predicted octanol–water partition coefficient (Wildman–Crippen LogP) is 2.64. The molecule has 0 saturated heterocycles. The minimum Gasteiger partial charge on any atom is -0.399 e. The molecule has 0 saturated carbocycles. The van der Waals surface area contributed by atoms with Gasteiger partial charge < -0.3 is 15.5 Å². The first-order chi connectivity index (χ1) is 9.99. The van der Waals surface area contributed by atoms with Crippen molar-refractivity contribution in [2.75, 3.05) is 26.2 Å². The van der Waals surface area contributed by atoms with Gasteiger partial charge in [-0.3, -0.25) is 4.79 Å². The molecule has 4 heteroatoms. The zero-order chi connectivity index (χ0) is 15.8. The monoisotopic (exact) mass is 291 g/mol. The minimum atomic E-state index is 0.142. The summed E-state index contributed by atoms with van der Waals surface area (Å²) in [6.45, 7) is 11.2. The summed E-state index contributed by atoms with van der Waals surface area (Å²) in [7, 11) is 0. The van der Waals surface area contributed by atoms with Crippen LogP contribution in [0.1, 0.15) is 40.5 Å². The lowest BCUT2D eigenvalue weighted by molar-refractivity contribution is -0.128. The van der Waals surface area contributed by atoms with E-state index >= 15 is 0 Å². The second-order valence-electron chi connectivity index (χ2n) is 5.38. The Hall–Kier alpha value is -1.71. The first-order valence-electron chi connectivity index (χ1n) is 7.83. The minimum absolute atomic E-state index is 0.142. The molecule has 0 spiro atoms. The van der Waals surface area contributed by atoms with E-state index in [4.69, 9.17) is 5.73 Å². The summed E-state index contributed by atoms with van der Waals surface area (Å²) in [5, 5.41) is 0. The lowest BCUT2D eigenvalue weighted by Gasteiger charge is -2.29. The molecule has 4 nitrogen and oxygen atoms in total. The Morgan fingerprint density at radius 3 is 2.52 bits per heavy atom. The number of rotatable bonds is 6. The van der Waals surface area contributed by atoms with E-state index in [2.05, 4.69) is 24.0 Å². The van der Waals surface area contributed by atoms with Gasteiger partial charge >= 0.3 is 0 Å². The molecule has 0 aromatic rings. The number of nitrogens with two attached hydrogens (primary N) is 1. The van der Waals surface area contributed by atoms with Crippen LogP contribution in [0.5, 0.6) is 0 Å². The molecule has 1 rings (SSSR count). The zero-order valence-electron chi connectivity index (χ0n) is 13.9. The fourth-order valence-electron chi connectivity index (χ4n) is 2.50. The molecule has 118 valence electrons. The Morgan fingerprint density at radius 1 is 1.24 bits per heavy atom. The van der Waals surface area contributed by atoms with Crippen LogP contribution in [0.15, 0.2) is 35.2 Å². The van der Waals surface area contributed by atoms with Crippen LogP contribution in [0.3, 0.4) is 0 Å². The summed E-state index contributed by atoms with van der Waals surface area (Å²) < 4.78 is 0. The molecule has 0 aliphatic heterocycles. The van der Waals surface area contributed by atoms with Gasteiger partial charge in [0.15, 0.2) is 0 Å². The summed E-state index contributed by atoms with van der Waals surface area (Å²) in [6.07, 6.45) is 8.33. The topological polar surface area (TPSA) is 49.6 Å². The normalized spacial score (nSPS) is 20.3. The van der Waals surface area contributed by atoms with Gasteiger partial charge in [-0.25, -0.2) is 0 Å². The highest BCUT2D eigenvalue weighted by Gasteiger charge is 2.12. The third-order valence-corrected chi connectivity index (χ3v) is 4.02. The fourth-order valence-corrected chi connectivity index (χ4v) is 2.50. The number of amides is 1. The van der Waals surface area contributed by atoms with Crippen molar-refractivity contribution in [2.45, 2.75) is 40.5 Å². The Kier molecular flexibility index (Phi) is 7.06. The van der Waals surface area contributed by atoms with Crippen LogP contribution < -0.4 is 5.73 Å². The van der Waals surface area contributed by atoms with Gasteiger partial charge in [-0.1, -0.05) is 6.08 Å². The molecule has 0 fully saturated rings. The summed E-state index contributed by atoms with van der Waals surface area (Å²) in [5.41, 5.74) is 9.30. The van der Waals surface area contributed by atoms with Crippen LogP contribution in [0.2, 0.25) is 0 Å². The number of likely N-dealkylation sites (N-methyl/N-ethyl adjacent to an activating group) is 2. The van der Waals surface area contributed by atoms with Gasteiger partial charge in [0.25, 0.3) is 0 Å². The molecule has 21 heavy (non-hydrogen) atoms. The first-order valence-corrected chi connectivity index (χ1v) is 7.83. The third kappa shape index (κ3) is 5.29. The highest BCUT2D eigenvalue weighted by atomic mass is 16.2. The summed E-state index contributed by atoms with van der Waals surface area (Å²) in [5.74, 6) is 0.142. The predicted molar refractivity (Wildman–Crippen MR) is 88.5 cm³/mol. The number of carbonyl (C=O) groups excluding carboxylic acids is 1. The summed E-state index contributed by atoms with van der Waals surface area (Å²) in [6, 6.07) is 0. The molecule has 1 aliphatic carbocycles. The van der Waals surface area contributed by atoms with Gasteiger partial charge in [0, 0.05) is 44.5 Å². The van der Waals surface area contributed by atoms with E-state index in [1.807, 2.05) is 24.8 Å². The molecule has 2 N–H and O–H groups in total. The maximum absolute atomic E-state index is 11.5. The lowest BCUT2D eigenvalue weighted by Crippen LogP contribution is -2.37. The van der Waals surface area contributed by atoms with Crippen LogP contribution in [-0.4, -0.2) is 41.9 Å². The number of nitrogens with zero attached hydrogens (tertiary/aromatic N) is 2. The Morgan fingerprint density at radius 2 is 1.95 bits per heavy atom. The van der Waals surface area contributed by atoms with Crippen molar-refractivity contribution in [3.8, 4) is 0 Å². The van der Waals surface area contributed by atoms with Crippen LogP contribution in [-0.2, 0) is 4.79 Å². The van der Waals surface area contributed by atoms with E-state index < -0.39 is 0 Å². The average Bonchev–Trinajstić information content (AvgIpc) is 2.45. The fraction of sp³-hybridized carbons (Fsp3) is 0.588. The number of hydrogen-bond donors (Lipinski definition) is 1. The SMILES string of the molecule is CCN(CCN(CC)/C1=C/C=C(/N)C(C)=CCC1)C(C)=O. The Bertz CT molecular complexity index is 449. The van der Waals surface area contributed by atoms with Gasteiger partial charge in [0.2, 0.25) is 5.91 Å². The van der Waals surface area contributed by atoms with Crippen molar-refractivity contribution in [3.05, 3.63) is 35.2 Å². The molecule has 0 heterocycles. The summed E-state index contributed by atoms with van der Waals surface area (Å²) >= 11 is 0. The van der Waals surface area contributed by atoms with Crippen molar-refractivity contribution < 1.29 is 4.79 Å². The number of allylic oxidation sites excluding steroid dienone is 5. The van der Waals surface area contributed by atoms with E-state index in [1.54, 1.807) is 6.92 Å². The van der Waals surface area contributed by atoms with Crippen LogP contribution in [0.25, 0.3) is 0 Å². The smallest absolute Gasteiger partial charge is 0.219 e. The third-order valence-electron chi connectivity index (χ3n) is 4.02. The molecule has 1 aliphatic rings. The van der Waals surface area contributed by atoms with E-state index in [0.717, 1.165) is 50.3 Å².